The third kappa shape index (κ3) is 2.54. The summed E-state index contributed by atoms with van der Waals surface area (Å²) in [6.07, 6.45) is 0. The molecule has 0 heterocycles. The summed E-state index contributed by atoms with van der Waals surface area (Å²) in [6.45, 7) is 3.19. The second-order valence-corrected chi connectivity index (χ2v) is 6.00. The summed E-state index contributed by atoms with van der Waals surface area (Å²) in [4.78, 5) is 0. The molecule has 0 aliphatic carbocycles. The van der Waals surface area contributed by atoms with E-state index in [2.05, 4.69) is 0 Å². The van der Waals surface area contributed by atoms with Crippen molar-refractivity contribution in [3.63, 3.8) is 0 Å². The summed E-state index contributed by atoms with van der Waals surface area (Å²) in [5.74, 6) is -0.686. The molecule has 0 atom stereocenters. The minimum Gasteiger partial charge on any atom is -0.228 e. The van der Waals surface area contributed by atoms with E-state index in [4.69, 9.17) is 0 Å². The molecule has 14 heavy (non-hydrogen) atoms. The van der Waals surface area contributed by atoms with E-state index < -0.39 is 20.9 Å². The Morgan fingerprint density at radius 3 is 2.36 bits per heavy atom. The van der Waals surface area contributed by atoms with Gasteiger partial charge in [-0.1, -0.05) is 18.2 Å². The van der Waals surface area contributed by atoms with Gasteiger partial charge in [-0.2, -0.15) is 0 Å². The van der Waals surface area contributed by atoms with Crippen molar-refractivity contribution >= 4 is 9.84 Å². The Morgan fingerprint density at radius 1 is 1.29 bits per heavy atom. The van der Waals surface area contributed by atoms with Gasteiger partial charge < -0.3 is 0 Å². The predicted molar refractivity (Wildman–Crippen MR) is 54.2 cm³/mol. The van der Waals surface area contributed by atoms with Gasteiger partial charge in [-0.05, 0) is 19.9 Å². The van der Waals surface area contributed by atoms with Gasteiger partial charge in [-0.15, -0.1) is 0 Å². The molecule has 0 saturated carbocycles. The highest BCUT2D eigenvalue weighted by molar-refractivity contribution is 7.91. The van der Waals surface area contributed by atoms with Crippen molar-refractivity contribution in [1.82, 2.24) is 0 Å². The zero-order chi connectivity index (χ0) is 10.8. The normalized spacial score (nSPS) is 12.0. The molecular formula is C10H13FO2S. The molecule has 1 rings (SSSR count). The summed E-state index contributed by atoms with van der Waals surface area (Å²) in [5.41, 5.74) is 0.237. The lowest BCUT2D eigenvalue weighted by molar-refractivity contribution is 0.579. The Hall–Kier alpha value is -0.900. The lowest BCUT2D eigenvalue weighted by atomic mass is 10.2. The first-order valence-corrected chi connectivity index (χ1v) is 6.10. The predicted octanol–water partition coefficient (Wildman–Crippen LogP) is 2.15. The number of hydrogen-bond donors (Lipinski definition) is 0. The summed E-state index contributed by atoms with van der Waals surface area (Å²) < 4.78 is 36.1. The minimum absolute atomic E-state index is 0.225. The van der Waals surface area contributed by atoms with Crippen LogP contribution in [0.1, 0.15) is 19.4 Å². The first-order chi connectivity index (χ1) is 6.43. The Kier molecular flexibility index (Phi) is 3.26. The molecule has 1 aromatic carbocycles. The largest absolute Gasteiger partial charge is 0.228 e. The highest BCUT2D eigenvalue weighted by Gasteiger charge is 2.18. The van der Waals surface area contributed by atoms with Crippen LogP contribution < -0.4 is 0 Å². The number of halogens is 1. The molecule has 2 nitrogen and oxygen atoms in total. The van der Waals surface area contributed by atoms with Gasteiger partial charge in [0.15, 0.2) is 9.84 Å². The van der Waals surface area contributed by atoms with Gasteiger partial charge in [0.05, 0.1) is 11.0 Å². The summed E-state index contributed by atoms with van der Waals surface area (Å²) in [7, 11) is -3.21. The first kappa shape index (κ1) is 11.2. The summed E-state index contributed by atoms with van der Waals surface area (Å²) >= 11 is 0. The average molecular weight is 216 g/mol. The lowest BCUT2D eigenvalue weighted by Crippen LogP contribution is -2.16. The molecule has 0 bridgehead atoms. The van der Waals surface area contributed by atoms with Gasteiger partial charge in [0.1, 0.15) is 5.82 Å². The van der Waals surface area contributed by atoms with Gasteiger partial charge in [0.2, 0.25) is 0 Å². The smallest absolute Gasteiger partial charge is 0.156 e. The SMILES string of the molecule is CC(C)S(=O)(=O)Cc1ccccc1F. The minimum atomic E-state index is -3.21. The van der Waals surface area contributed by atoms with Crippen LogP contribution in [-0.2, 0) is 15.6 Å². The molecule has 0 aliphatic heterocycles. The topological polar surface area (TPSA) is 34.1 Å². The second kappa shape index (κ2) is 4.09. The van der Waals surface area contributed by atoms with Crippen molar-refractivity contribution in [3.05, 3.63) is 35.6 Å². The summed E-state index contributed by atoms with van der Waals surface area (Å²) in [5, 5.41) is -0.470. The van der Waals surface area contributed by atoms with Crippen molar-refractivity contribution in [1.29, 1.82) is 0 Å². The third-order valence-corrected chi connectivity index (χ3v) is 4.18. The first-order valence-electron chi connectivity index (χ1n) is 4.38. The van der Waals surface area contributed by atoms with Crippen LogP contribution in [0.15, 0.2) is 24.3 Å². The highest BCUT2D eigenvalue weighted by Crippen LogP contribution is 2.13. The van der Waals surface area contributed by atoms with Crippen LogP contribution in [-0.4, -0.2) is 13.7 Å². The second-order valence-electron chi connectivity index (χ2n) is 3.45. The van der Waals surface area contributed by atoms with Gasteiger partial charge in [0.25, 0.3) is 0 Å². The fourth-order valence-electron chi connectivity index (χ4n) is 0.999. The molecule has 0 saturated heterocycles. The number of benzene rings is 1. The van der Waals surface area contributed by atoms with E-state index in [0.717, 1.165) is 0 Å². The van der Waals surface area contributed by atoms with Crippen molar-refractivity contribution in [2.24, 2.45) is 0 Å². The fourth-order valence-corrected chi connectivity index (χ4v) is 2.00. The van der Waals surface area contributed by atoms with Crippen molar-refractivity contribution in [2.75, 3.05) is 0 Å². The molecule has 4 heteroatoms. The van der Waals surface area contributed by atoms with E-state index in [9.17, 15) is 12.8 Å². The molecule has 0 fully saturated rings. The number of hydrogen-bond acceptors (Lipinski definition) is 2. The van der Waals surface area contributed by atoms with E-state index >= 15 is 0 Å². The lowest BCUT2D eigenvalue weighted by Gasteiger charge is -2.07. The molecule has 0 amide bonds. The molecule has 78 valence electrons. The van der Waals surface area contributed by atoms with Gasteiger partial charge in [-0.3, -0.25) is 0 Å². The maximum Gasteiger partial charge on any atom is 0.156 e. The molecule has 0 spiro atoms. The monoisotopic (exact) mass is 216 g/mol. The zero-order valence-corrected chi connectivity index (χ0v) is 9.01. The maximum atomic E-state index is 13.1. The third-order valence-electron chi connectivity index (χ3n) is 2.03. The maximum absolute atomic E-state index is 13.1. The van der Waals surface area contributed by atoms with E-state index in [1.54, 1.807) is 26.0 Å². The van der Waals surface area contributed by atoms with Crippen LogP contribution in [0.2, 0.25) is 0 Å². The molecule has 0 aromatic heterocycles. The molecule has 0 unspecified atom stereocenters. The molecule has 0 aliphatic rings. The fraction of sp³-hybridized carbons (Fsp3) is 0.400. The average Bonchev–Trinajstić information content (AvgIpc) is 2.08. The van der Waals surface area contributed by atoms with E-state index in [1.165, 1.54) is 12.1 Å². The van der Waals surface area contributed by atoms with Crippen LogP contribution in [0.4, 0.5) is 4.39 Å². The van der Waals surface area contributed by atoms with E-state index in [1.807, 2.05) is 0 Å². The van der Waals surface area contributed by atoms with Crippen molar-refractivity contribution in [2.45, 2.75) is 24.9 Å². The quantitative estimate of drug-likeness (QED) is 0.775. The Labute approximate surface area is 83.7 Å². The standard InChI is InChI=1S/C10H13FO2S/c1-8(2)14(12,13)7-9-5-3-4-6-10(9)11/h3-6,8H,7H2,1-2H3. The Balaban J connectivity index is 2.96. The van der Waals surface area contributed by atoms with Crippen LogP contribution in [0, 0.1) is 5.82 Å². The van der Waals surface area contributed by atoms with E-state index in [0.29, 0.717) is 0 Å². The molecule has 0 radical (unpaired) electrons. The van der Waals surface area contributed by atoms with Crippen LogP contribution in [0.3, 0.4) is 0 Å². The van der Waals surface area contributed by atoms with Crippen LogP contribution in [0.5, 0.6) is 0 Å². The van der Waals surface area contributed by atoms with Crippen LogP contribution in [0.25, 0.3) is 0 Å². The highest BCUT2D eigenvalue weighted by atomic mass is 32.2. The Morgan fingerprint density at radius 2 is 1.86 bits per heavy atom. The molecular weight excluding hydrogens is 203 g/mol. The van der Waals surface area contributed by atoms with Crippen molar-refractivity contribution < 1.29 is 12.8 Å². The van der Waals surface area contributed by atoms with Gasteiger partial charge in [-0.25, -0.2) is 12.8 Å². The van der Waals surface area contributed by atoms with Gasteiger partial charge in [0, 0.05) is 5.56 Å². The summed E-state index contributed by atoms with van der Waals surface area (Å²) in [6, 6.07) is 5.94. The molecule has 0 N–H and O–H groups in total. The zero-order valence-electron chi connectivity index (χ0n) is 8.20. The number of rotatable bonds is 3. The molecule has 1 aromatic rings. The van der Waals surface area contributed by atoms with Crippen LogP contribution >= 0.6 is 0 Å². The Bertz CT molecular complexity index is 410. The van der Waals surface area contributed by atoms with Crippen molar-refractivity contribution in [3.8, 4) is 0 Å². The number of sulfone groups is 1. The van der Waals surface area contributed by atoms with Gasteiger partial charge >= 0.3 is 0 Å². The van der Waals surface area contributed by atoms with E-state index in [-0.39, 0.29) is 11.3 Å².